The first-order valence-corrected chi connectivity index (χ1v) is 12.6. The van der Waals surface area contributed by atoms with Crippen LogP contribution in [0.3, 0.4) is 0 Å². The number of aliphatic hydroxyl groups is 1. The Kier molecular flexibility index (Phi) is 7.56. The number of carbonyl (C=O) groups excluding carboxylic acids is 1. The summed E-state index contributed by atoms with van der Waals surface area (Å²) in [4.78, 5) is 14.3. The Morgan fingerprint density at radius 3 is 2.65 bits per heavy atom. The molecule has 2 unspecified atom stereocenters. The van der Waals surface area contributed by atoms with Crippen LogP contribution in [0, 0.1) is 5.92 Å². The lowest BCUT2D eigenvalue weighted by atomic mass is 9.90. The summed E-state index contributed by atoms with van der Waals surface area (Å²) < 4.78 is 0.985. The smallest absolute Gasteiger partial charge is 0.282 e. The summed E-state index contributed by atoms with van der Waals surface area (Å²) >= 11 is 17.7. The summed E-state index contributed by atoms with van der Waals surface area (Å²) in [7, 11) is 0. The van der Waals surface area contributed by atoms with E-state index >= 15 is 0 Å². The number of carbonyl (C=O) groups is 1. The van der Waals surface area contributed by atoms with Gasteiger partial charge in [0.15, 0.2) is 0 Å². The molecular weight excluding hydrogens is 523 g/mol. The standard InChI is InChI=1S/C21H23BrCl2N4O2S/c22-18-7-6-17(31-18)20-14(8-11-29)19(21(30)26-27-9-2-1-3-10-27)25-28(20)16-5-4-13(23)12-15(16)24/h4-7,12,14,20,29H,1-3,8-11H2,(H,26,30). The van der Waals surface area contributed by atoms with Crippen LogP contribution >= 0.6 is 50.5 Å². The zero-order valence-corrected chi connectivity index (χ0v) is 20.6. The Labute approximate surface area is 203 Å². The number of benzene rings is 1. The molecule has 0 bridgehead atoms. The molecule has 0 radical (unpaired) electrons. The van der Waals surface area contributed by atoms with Gasteiger partial charge in [-0.1, -0.05) is 29.6 Å². The monoisotopic (exact) mass is 544 g/mol. The van der Waals surface area contributed by atoms with Gasteiger partial charge in [-0.3, -0.25) is 15.2 Å². The number of hydrazine groups is 1. The Morgan fingerprint density at radius 2 is 2.00 bits per heavy atom. The zero-order valence-electron chi connectivity index (χ0n) is 16.7. The Balaban J connectivity index is 1.72. The minimum atomic E-state index is -0.285. The maximum Gasteiger partial charge on any atom is 0.282 e. The van der Waals surface area contributed by atoms with E-state index in [1.54, 1.807) is 28.5 Å². The normalized spacial score (nSPS) is 21.9. The van der Waals surface area contributed by atoms with Gasteiger partial charge in [-0.25, -0.2) is 5.01 Å². The lowest BCUT2D eigenvalue weighted by Crippen LogP contribution is -2.48. The van der Waals surface area contributed by atoms with Gasteiger partial charge < -0.3 is 5.11 Å². The minimum absolute atomic E-state index is 0.0497. The number of aliphatic hydroxyl groups excluding tert-OH is 1. The second-order valence-electron chi connectivity index (χ2n) is 7.62. The third-order valence-corrected chi connectivity index (χ3v) is 7.77. The molecule has 1 aromatic heterocycles. The molecule has 0 aliphatic carbocycles. The summed E-state index contributed by atoms with van der Waals surface area (Å²) in [5.41, 5.74) is 4.09. The van der Waals surface area contributed by atoms with Crippen LogP contribution in [0.5, 0.6) is 0 Å². The molecule has 1 aromatic carbocycles. The number of rotatable bonds is 6. The van der Waals surface area contributed by atoms with Crippen molar-refractivity contribution in [3.05, 3.63) is 49.0 Å². The van der Waals surface area contributed by atoms with Crippen molar-refractivity contribution in [3.8, 4) is 0 Å². The van der Waals surface area contributed by atoms with E-state index in [4.69, 9.17) is 28.3 Å². The van der Waals surface area contributed by atoms with Crippen LogP contribution in [0.2, 0.25) is 10.0 Å². The molecule has 2 aliphatic rings. The largest absolute Gasteiger partial charge is 0.396 e. The van der Waals surface area contributed by atoms with E-state index in [2.05, 4.69) is 21.4 Å². The molecule has 3 heterocycles. The highest BCUT2D eigenvalue weighted by molar-refractivity contribution is 9.11. The van der Waals surface area contributed by atoms with Crippen LogP contribution in [0.1, 0.15) is 36.6 Å². The molecule has 1 amide bonds. The van der Waals surface area contributed by atoms with Crippen molar-refractivity contribution in [3.63, 3.8) is 0 Å². The van der Waals surface area contributed by atoms with Gasteiger partial charge in [-0.05, 0) is 65.5 Å². The molecule has 6 nitrogen and oxygen atoms in total. The van der Waals surface area contributed by atoms with Crippen molar-refractivity contribution in [1.82, 2.24) is 10.4 Å². The van der Waals surface area contributed by atoms with Crippen molar-refractivity contribution in [2.75, 3.05) is 24.7 Å². The third-order valence-electron chi connectivity index (χ3n) is 5.54. The van der Waals surface area contributed by atoms with Gasteiger partial charge in [0, 0.05) is 35.5 Å². The SMILES string of the molecule is O=C(NN1CCCCC1)C1=NN(c2ccc(Cl)cc2Cl)C(c2ccc(Br)s2)C1CCO. The molecule has 2 atom stereocenters. The minimum Gasteiger partial charge on any atom is -0.396 e. The molecule has 4 rings (SSSR count). The second kappa shape index (κ2) is 10.2. The molecule has 1 fully saturated rings. The number of hydrogen-bond acceptors (Lipinski definition) is 6. The maximum absolute atomic E-state index is 13.2. The van der Waals surface area contributed by atoms with Gasteiger partial charge in [-0.2, -0.15) is 5.10 Å². The summed E-state index contributed by atoms with van der Waals surface area (Å²) in [6.07, 6.45) is 3.71. The molecule has 0 spiro atoms. The predicted molar refractivity (Wildman–Crippen MR) is 130 cm³/mol. The summed E-state index contributed by atoms with van der Waals surface area (Å²) in [5.74, 6) is -0.513. The Morgan fingerprint density at radius 1 is 1.23 bits per heavy atom. The molecular formula is C21H23BrCl2N4O2S. The van der Waals surface area contributed by atoms with Crippen molar-refractivity contribution in [1.29, 1.82) is 0 Å². The van der Waals surface area contributed by atoms with Crippen molar-refractivity contribution < 1.29 is 9.90 Å². The maximum atomic E-state index is 13.2. The van der Waals surface area contributed by atoms with Crippen LogP contribution < -0.4 is 10.4 Å². The number of amides is 1. The van der Waals surface area contributed by atoms with E-state index in [-0.39, 0.29) is 24.5 Å². The number of hydrogen-bond donors (Lipinski definition) is 2. The van der Waals surface area contributed by atoms with Crippen LogP contribution in [-0.4, -0.2) is 41.4 Å². The van der Waals surface area contributed by atoms with E-state index in [1.807, 2.05) is 23.2 Å². The molecule has 10 heteroatoms. The van der Waals surface area contributed by atoms with E-state index < -0.39 is 0 Å². The highest BCUT2D eigenvalue weighted by Gasteiger charge is 2.43. The first-order chi connectivity index (χ1) is 15.0. The van der Waals surface area contributed by atoms with Gasteiger partial charge in [0.25, 0.3) is 5.91 Å². The first-order valence-electron chi connectivity index (χ1n) is 10.2. The molecule has 0 saturated carbocycles. The first kappa shape index (κ1) is 23.0. The molecule has 2 aromatic rings. The fourth-order valence-electron chi connectivity index (χ4n) is 4.10. The summed E-state index contributed by atoms with van der Waals surface area (Å²) in [6, 6.07) is 8.97. The number of halogens is 3. The average Bonchev–Trinajstić information content (AvgIpc) is 3.32. The lowest BCUT2D eigenvalue weighted by Gasteiger charge is -2.28. The fourth-order valence-corrected chi connectivity index (χ4v) is 6.17. The predicted octanol–water partition coefficient (Wildman–Crippen LogP) is 5.25. The van der Waals surface area contributed by atoms with Gasteiger partial charge in [-0.15, -0.1) is 11.3 Å². The highest BCUT2D eigenvalue weighted by atomic mass is 79.9. The Bertz CT molecular complexity index is 980. The van der Waals surface area contributed by atoms with E-state index in [1.165, 1.54) is 6.42 Å². The number of thiophene rings is 1. The number of hydrazone groups is 1. The van der Waals surface area contributed by atoms with Crippen LogP contribution in [-0.2, 0) is 4.79 Å². The van der Waals surface area contributed by atoms with Gasteiger partial charge >= 0.3 is 0 Å². The van der Waals surface area contributed by atoms with Crippen molar-refractivity contribution in [2.24, 2.45) is 11.0 Å². The summed E-state index contributed by atoms with van der Waals surface area (Å²) in [5, 5.41) is 19.3. The third kappa shape index (κ3) is 5.10. The van der Waals surface area contributed by atoms with Gasteiger partial charge in [0.1, 0.15) is 5.71 Å². The van der Waals surface area contributed by atoms with E-state index in [0.717, 1.165) is 34.6 Å². The number of nitrogens with zero attached hydrogens (tertiary/aromatic N) is 3. The topological polar surface area (TPSA) is 68.2 Å². The summed E-state index contributed by atoms with van der Waals surface area (Å²) in [6.45, 7) is 1.61. The molecule has 31 heavy (non-hydrogen) atoms. The van der Waals surface area contributed by atoms with Crippen LogP contribution in [0.25, 0.3) is 0 Å². The molecule has 1 saturated heterocycles. The van der Waals surface area contributed by atoms with Gasteiger partial charge in [0.2, 0.25) is 0 Å². The van der Waals surface area contributed by atoms with Crippen molar-refractivity contribution in [2.45, 2.75) is 31.7 Å². The average molecular weight is 546 g/mol. The second-order valence-corrected chi connectivity index (χ2v) is 11.0. The lowest BCUT2D eigenvalue weighted by molar-refractivity contribution is -0.120. The number of anilines is 1. The molecule has 2 aliphatic heterocycles. The quantitative estimate of drug-likeness (QED) is 0.520. The van der Waals surface area contributed by atoms with Crippen molar-refractivity contribution >= 4 is 67.8 Å². The van der Waals surface area contributed by atoms with E-state index in [0.29, 0.717) is 27.9 Å². The fraction of sp³-hybridized carbons (Fsp3) is 0.429. The number of piperidine rings is 1. The zero-order chi connectivity index (χ0) is 22.0. The van der Waals surface area contributed by atoms with Gasteiger partial charge in [0.05, 0.1) is 20.5 Å². The van der Waals surface area contributed by atoms with Crippen LogP contribution in [0.15, 0.2) is 39.2 Å². The van der Waals surface area contributed by atoms with Crippen LogP contribution in [0.4, 0.5) is 5.69 Å². The molecule has 2 N–H and O–H groups in total. The number of nitrogens with one attached hydrogen (secondary N) is 1. The van der Waals surface area contributed by atoms with E-state index in [9.17, 15) is 9.90 Å². The Hall–Kier alpha value is -1.16. The highest BCUT2D eigenvalue weighted by Crippen LogP contribution is 2.46. The molecule has 166 valence electrons.